The molecular weight excluding hydrogens is 594 g/mol. The van der Waals surface area contributed by atoms with E-state index in [2.05, 4.69) is 15.6 Å². The first-order valence-corrected chi connectivity index (χ1v) is 14.3. The normalized spacial score (nSPS) is 15.8. The molecular formula is C33H27N5O6S. The Morgan fingerprint density at radius 2 is 1.82 bits per heavy atom. The number of hydrogen-bond donors (Lipinski definition) is 2. The third kappa shape index (κ3) is 6.31. The standard InChI is InChI=1S/C33H27N5O6S/c1-42-29-19-23(38(40)41)14-15-25(29)27-16-17-28(44-27)32-31(26-9-5-6-18-34-26)36-33(45)37(32)22-12-10-21(11-13-22)35-30(39)20-43-24-7-3-2-4-8-24/h2-19,31-32H,20H2,1H3,(H,35,39)(H,36,45)/t31-,32+/m0/s1. The third-order valence-electron chi connectivity index (χ3n) is 7.22. The lowest BCUT2D eigenvalue weighted by Gasteiger charge is -2.26. The molecule has 2 atom stereocenters. The van der Waals surface area contributed by atoms with Crippen LogP contribution in [0.2, 0.25) is 0 Å². The maximum Gasteiger partial charge on any atom is 0.273 e. The number of nitrogens with zero attached hydrogens (tertiary/aromatic N) is 3. The summed E-state index contributed by atoms with van der Waals surface area (Å²) >= 11 is 5.81. The quantitative estimate of drug-likeness (QED) is 0.102. The van der Waals surface area contributed by atoms with Gasteiger partial charge < -0.3 is 29.4 Å². The number of aromatic nitrogens is 1. The lowest BCUT2D eigenvalue weighted by molar-refractivity contribution is -0.384. The fraction of sp³-hybridized carbons (Fsp3) is 0.121. The molecule has 12 heteroatoms. The van der Waals surface area contributed by atoms with Gasteiger partial charge in [0.1, 0.15) is 29.1 Å². The molecule has 2 N–H and O–H groups in total. The number of hydrogen-bond acceptors (Lipinski definition) is 8. The molecule has 45 heavy (non-hydrogen) atoms. The van der Waals surface area contributed by atoms with Crippen molar-refractivity contribution < 1.29 is 23.6 Å². The van der Waals surface area contributed by atoms with Gasteiger partial charge in [0.05, 0.1) is 35.4 Å². The third-order valence-corrected chi connectivity index (χ3v) is 7.53. The van der Waals surface area contributed by atoms with Crippen LogP contribution in [-0.2, 0) is 4.79 Å². The van der Waals surface area contributed by atoms with Crippen LogP contribution >= 0.6 is 12.2 Å². The van der Waals surface area contributed by atoms with Crippen LogP contribution in [-0.4, -0.2) is 34.6 Å². The first kappa shape index (κ1) is 29.3. The number of methoxy groups -OCH3 is 1. The monoisotopic (exact) mass is 621 g/mol. The first-order valence-electron chi connectivity index (χ1n) is 13.9. The highest BCUT2D eigenvalue weighted by Crippen LogP contribution is 2.44. The number of anilines is 2. The summed E-state index contributed by atoms with van der Waals surface area (Å²) in [4.78, 5) is 29.8. The van der Waals surface area contributed by atoms with Crippen LogP contribution in [0.15, 0.2) is 114 Å². The molecule has 2 aromatic heterocycles. The summed E-state index contributed by atoms with van der Waals surface area (Å²) in [6.07, 6.45) is 1.72. The second-order valence-corrected chi connectivity index (χ2v) is 10.4. The molecule has 0 saturated carbocycles. The summed E-state index contributed by atoms with van der Waals surface area (Å²) in [5.41, 5.74) is 2.61. The number of thiocarbonyl (C=S) groups is 1. The highest BCUT2D eigenvalue weighted by molar-refractivity contribution is 7.80. The van der Waals surface area contributed by atoms with Gasteiger partial charge in [-0.3, -0.25) is 19.9 Å². The smallest absolute Gasteiger partial charge is 0.273 e. The number of nitro benzene ring substituents is 1. The van der Waals surface area contributed by atoms with E-state index in [0.29, 0.717) is 39.4 Å². The maximum atomic E-state index is 12.5. The van der Waals surface area contributed by atoms with Crippen LogP contribution in [0.1, 0.15) is 23.5 Å². The van der Waals surface area contributed by atoms with Crippen molar-refractivity contribution >= 4 is 40.3 Å². The Labute approximate surface area is 263 Å². The molecule has 5 aromatic rings. The minimum absolute atomic E-state index is 0.0857. The highest BCUT2D eigenvalue weighted by atomic mass is 32.1. The van der Waals surface area contributed by atoms with Crippen LogP contribution in [0.4, 0.5) is 17.1 Å². The number of carbonyl (C=O) groups excluding carboxylic acids is 1. The maximum absolute atomic E-state index is 12.5. The summed E-state index contributed by atoms with van der Waals surface area (Å²) in [5.74, 6) is 1.70. The minimum Gasteiger partial charge on any atom is -0.496 e. The zero-order valence-corrected chi connectivity index (χ0v) is 24.8. The van der Waals surface area contributed by atoms with Gasteiger partial charge in [0, 0.05) is 23.6 Å². The van der Waals surface area contributed by atoms with E-state index in [1.54, 1.807) is 42.6 Å². The van der Waals surface area contributed by atoms with Crippen LogP contribution in [0.5, 0.6) is 11.5 Å². The van der Waals surface area contributed by atoms with Gasteiger partial charge in [-0.1, -0.05) is 24.3 Å². The number of non-ortho nitro benzene ring substituents is 1. The highest BCUT2D eigenvalue weighted by Gasteiger charge is 2.42. The molecule has 0 spiro atoms. The number of nitro groups is 1. The van der Waals surface area contributed by atoms with E-state index in [0.717, 1.165) is 11.4 Å². The number of ether oxygens (including phenoxy) is 2. The largest absolute Gasteiger partial charge is 0.496 e. The van der Waals surface area contributed by atoms with Gasteiger partial charge in [0.25, 0.3) is 11.6 Å². The predicted molar refractivity (Wildman–Crippen MR) is 172 cm³/mol. The van der Waals surface area contributed by atoms with Crippen LogP contribution in [0.3, 0.4) is 0 Å². The second kappa shape index (κ2) is 12.9. The van der Waals surface area contributed by atoms with Gasteiger partial charge in [-0.05, 0) is 78.9 Å². The molecule has 1 saturated heterocycles. The second-order valence-electron chi connectivity index (χ2n) is 10.0. The van der Waals surface area contributed by atoms with Crippen LogP contribution < -0.4 is 25.0 Å². The fourth-order valence-corrected chi connectivity index (χ4v) is 5.49. The van der Waals surface area contributed by atoms with Gasteiger partial charge in [-0.2, -0.15) is 0 Å². The Kier molecular flexibility index (Phi) is 8.38. The molecule has 0 unspecified atom stereocenters. The molecule has 3 heterocycles. The zero-order chi connectivity index (χ0) is 31.3. The Bertz CT molecular complexity index is 1830. The van der Waals surface area contributed by atoms with Crippen LogP contribution in [0, 0.1) is 10.1 Å². The van der Waals surface area contributed by atoms with Crippen molar-refractivity contribution in [2.75, 3.05) is 23.9 Å². The van der Waals surface area contributed by atoms with E-state index in [1.165, 1.54) is 19.2 Å². The summed E-state index contributed by atoms with van der Waals surface area (Å²) in [5, 5.41) is 18.0. The Morgan fingerprint density at radius 1 is 1.04 bits per heavy atom. The molecule has 1 fully saturated rings. The Hall–Kier alpha value is -5.75. The number of amides is 1. The molecule has 1 aliphatic heterocycles. The number of rotatable bonds is 10. The summed E-state index contributed by atoms with van der Waals surface area (Å²) in [7, 11) is 1.45. The molecule has 0 radical (unpaired) electrons. The summed E-state index contributed by atoms with van der Waals surface area (Å²) in [6, 6.07) is 29.3. The van der Waals surface area contributed by atoms with Crippen molar-refractivity contribution in [3.63, 3.8) is 0 Å². The number of para-hydroxylation sites is 1. The van der Waals surface area contributed by atoms with Gasteiger partial charge in [0.15, 0.2) is 11.7 Å². The number of nitrogens with one attached hydrogen (secondary N) is 2. The molecule has 0 aliphatic carbocycles. The van der Waals surface area contributed by atoms with Gasteiger partial charge in [0.2, 0.25) is 0 Å². The average Bonchev–Trinajstić information content (AvgIpc) is 3.69. The molecule has 6 rings (SSSR count). The van der Waals surface area contributed by atoms with Crippen LogP contribution in [0.25, 0.3) is 11.3 Å². The SMILES string of the molecule is COc1cc([N+](=O)[O-])ccc1-c1ccc([C@@H]2[C@H](c3ccccn3)NC(=S)N2c2ccc(NC(=O)COc3ccccc3)cc2)o1. The van der Waals surface area contributed by atoms with E-state index in [9.17, 15) is 14.9 Å². The topological polar surface area (TPSA) is 132 Å². The summed E-state index contributed by atoms with van der Waals surface area (Å²) in [6.45, 7) is -0.125. The van der Waals surface area contributed by atoms with Crippen molar-refractivity contribution in [3.8, 4) is 22.8 Å². The number of furan rings is 1. The lowest BCUT2D eigenvalue weighted by Crippen LogP contribution is -2.29. The number of benzene rings is 3. The minimum atomic E-state index is -0.477. The van der Waals surface area contributed by atoms with Gasteiger partial charge in [-0.15, -0.1) is 0 Å². The Morgan fingerprint density at radius 3 is 2.53 bits per heavy atom. The lowest BCUT2D eigenvalue weighted by atomic mass is 10.0. The van der Waals surface area contributed by atoms with Crippen molar-refractivity contribution in [1.29, 1.82) is 0 Å². The van der Waals surface area contributed by atoms with Crippen molar-refractivity contribution in [2.24, 2.45) is 0 Å². The molecule has 3 aromatic carbocycles. The Balaban J connectivity index is 1.27. The van der Waals surface area contributed by atoms with E-state index >= 15 is 0 Å². The molecule has 0 bridgehead atoms. The van der Waals surface area contributed by atoms with Crippen molar-refractivity contribution in [2.45, 2.75) is 12.1 Å². The first-order chi connectivity index (χ1) is 21.9. The molecule has 11 nitrogen and oxygen atoms in total. The predicted octanol–water partition coefficient (Wildman–Crippen LogP) is 6.45. The molecule has 1 aliphatic rings. The van der Waals surface area contributed by atoms with E-state index in [-0.39, 0.29) is 24.2 Å². The van der Waals surface area contributed by atoms with Gasteiger partial charge in [-0.25, -0.2) is 0 Å². The van der Waals surface area contributed by atoms with E-state index < -0.39 is 11.0 Å². The average molecular weight is 622 g/mol. The van der Waals surface area contributed by atoms with Crippen molar-refractivity contribution in [3.05, 3.63) is 131 Å². The molecule has 226 valence electrons. The zero-order valence-electron chi connectivity index (χ0n) is 24.0. The van der Waals surface area contributed by atoms with Crippen molar-refractivity contribution in [1.82, 2.24) is 10.3 Å². The van der Waals surface area contributed by atoms with Gasteiger partial charge >= 0.3 is 0 Å². The van der Waals surface area contributed by atoms with E-state index in [1.807, 2.05) is 59.5 Å². The fourth-order valence-electron chi connectivity index (χ4n) is 5.14. The van der Waals surface area contributed by atoms with E-state index in [4.69, 9.17) is 26.1 Å². The summed E-state index contributed by atoms with van der Waals surface area (Å²) < 4.78 is 17.4. The number of carbonyl (C=O) groups is 1. The number of pyridine rings is 1. The molecule has 1 amide bonds.